The second-order valence-corrected chi connectivity index (χ2v) is 5.78. The average molecular weight is 310 g/mol. The number of hydrogen-bond acceptors (Lipinski definition) is 4. The summed E-state index contributed by atoms with van der Waals surface area (Å²) in [5, 5.41) is 2.94. The highest BCUT2D eigenvalue weighted by molar-refractivity contribution is 6.04. The Morgan fingerprint density at radius 3 is 2.52 bits per heavy atom. The molecule has 1 aromatic heterocycles. The van der Waals surface area contributed by atoms with Crippen LogP contribution in [0, 0.1) is 0 Å². The highest BCUT2D eigenvalue weighted by Gasteiger charge is 2.15. The van der Waals surface area contributed by atoms with E-state index >= 15 is 0 Å². The summed E-state index contributed by atoms with van der Waals surface area (Å²) in [5.41, 5.74) is 2.45. The van der Waals surface area contributed by atoms with Crippen LogP contribution in [0.15, 0.2) is 36.7 Å². The van der Waals surface area contributed by atoms with E-state index in [0.717, 1.165) is 36.7 Å². The van der Waals surface area contributed by atoms with Gasteiger partial charge in [0.1, 0.15) is 0 Å². The molecule has 1 aromatic carbocycles. The van der Waals surface area contributed by atoms with Crippen molar-refractivity contribution in [3.63, 3.8) is 0 Å². The normalized spacial score (nSPS) is 14.6. The van der Waals surface area contributed by atoms with E-state index in [1.807, 2.05) is 24.3 Å². The summed E-state index contributed by atoms with van der Waals surface area (Å²) in [6.45, 7) is 4.06. The molecule has 1 N–H and O–H groups in total. The van der Waals surface area contributed by atoms with Gasteiger partial charge in [-0.1, -0.05) is 25.1 Å². The molecule has 1 aliphatic heterocycles. The quantitative estimate of drug-likeness (QED) is 0.941. The fraction of sp³-hybridized carbons (Fsp3) is 0.389. The number of carbonyl (C=O) groups is 1. The Morgan fingerprint density at radius 1 is 1.13 bits per heavy atom. The van der Waals surface area contributed by atoms with Gasteiger partial charge in [-0.15, -0.1) is 0 Å². The molecule has 0 radical (unpaired) electrons. The van der Waals surface area contributed by atoms with Crippen molar-refractivity contribution >= 4 is 17.5 Å². The maximum atomic E-state index is 12.4. The van der Waals surface area contributed by atoms with Crippen molar-refractivity contribution in [1.82, 2.24) is 9.97 Å². The third-order valence-corrected chi connectivity index (χ3v) is 4.19. The Kier molecular flexibility index (Phi) is 4.86. The minimum atomic E-state index is -0.170. The number of rotatable bonds is 4. The molecular weight excluding hydrogens is 288 g/mol. The van der Waals surface area contributed by atoms with Crippen LogP contribution in [0.4, 0.5) is 11.6 Å². The largest absolute Gasteiger partial charge is 0.341 e. The van der Waals surface area contributed by atoms with Crippen molar-refractivity contribution < 1.29 is 4.79 Å². The van der Waals surface area contributed by atoms with Crippen LogP contribution in [-0.2, 0) is 6.42 Å². The van der Waals surface area contributed by atoms with Gasteiger partial charge in [-0.05, 0) is 37.3 Å². The van der Waals surface area contributed by atoms with E-state index in [1.165, 1.54) is 19.3 Å². The first-order valence-electron chi connectivity index (χ1n) is 8.24. The fourth-order valence-corrected chi connectivity index (χ4v) is 2.84. The zero-order valence-corrected chi connectivity index (χ0v) is 13.5. The molecule has 1 fully saturated rings. The Bertz CT molecular complexity index is 663. The van der Waals surface area contributed by atoms with Crippen LogP contribution in [0.5, 0.6) is 0 Å². The van der Waals surface area contributed by atoms with Gasteiger partial charge < -0.3 is 10.2 Å². The standard InChI is InChI=1S/C18H22N4O/c1-2-14-8-4-5-9-16(14)21-17(23)15-12-19-18(20-13-15)22-10-6-3-7-11-22/h4-5,8-9,12-13H,2-3,6-7,10-11H2,1H3,(H,21,23). The molecule has 2 heterocycles. The van der Waals surface area contributed by atoms with Crippen molar-refractivity contribution in [2.24, 2.45) is 0 Å². The summed E-state index contributed by atoms with van der Waals surface area (Å²) < 4.78 is 0. The fourth-order valence-electron chi connectivity index (χ4n) is 2.84. The van der Waals surface area contributed by atoms with Crippen molar-refractivity contribution in [2.75, 3.05) is 23.3 Å². The lowest BCUT2D eigenvalue weighted by molar-refractivity contribution is 0.102. The first kappa shape index (κ1) is 15.5. The minimum absolute atomic E-state index is 0.170. The number of aromatic nitrogens is 2. The van der Waals surface area contributed by atoms with Crippen LogP contribution in [0.1, 0.15) is 42.1 Å². The van der Waals surface area contributed by atoms with Crippen LogP contribution in [0.2, 0.25) is 0 Å². The molecule has 0 bridgehead atoms. The highest BCUT2D eigenvalue weighted by atomic mass is 16.1. The van der Waals surface area contributed by atoms with Gasteiger partial charge in [0.2, 0.25) is 5.95 Å². The van der Waals surface area contributed by atoms with E-state index in [9.17, 15) is 4.79 Å². The molecule has 1 aliphatic rings. The summed E-state index contributed by atoms with van der Waals surface area (Å²) in [6, 6.07) is 7.83. The van der Waals surface area contributed by atoms with E-state index in [4.69, 9.17) is 0 Å². The molecule has 3 rings (SSSR count). The molecule has 23 heavy (non-hydrogen) atoms. The second-order valence-electron chi connectivity index (χ2n) is 5.78. The van der Waals surface area contributed by atoms with Crippen molar-refractivity contribution in [2.45, 2.75) is 32.6 Å². The monoisotopic (exact) mass is 310 g/mol. The third-order valence-electron chi connectivity index (χ3n) is 4.19. The summed E-state index contributed by atoms with van der Waals surface area (Å²) >= 11 is 0. The lowest BCUT2D eigenvalue weighted by Gasteiger charge is -2.26. The van der Waals surface area contributed by atoms with Gasteiger partial charge in [-0.3, -0.25) is 4.79 Å². The summed E-state index contributed by atoms with van der Waals surface area (Å²) in [6.07, 6.45) is 7.73. The van der Waals surface area contributed by atoms with Crippen LogP contribution >= 0.6 is 0 Å². The zero-order valence-electron chi connectivity index (χ0n) is 13.5. The maximum Gasteiger partial charge on any atom is 0.258 e. The molecule has 1 amide bonds. The first-order chi connectivity index (χ1) is 11.3. The molecule has 0 spiro atoms. The maximum absolute atomic E-state index is 12.4. The number of para-hydroxylation sites is 1. The number of piperidine rings is 1. The number of nitrogens with zero attached hydrogens (tertiary/aromatic N) is 3. The second kappa shape index (κ2) is 7.22. The van der Waals surface area contributed by atoms with Gasteiger partial charge in [-0.25, -0.2) is 9.97 Å². The van der Waals surface area contributed by atoms with Crippen LogP contribution in [0.25, 0.3) is 0 Å². The summed E-state index contributed by atoms with van der Waals surface area (Å²) in [4.78, 5) is 23.3. The van der Waals surface area contributed by atoms with Crippen LogP contribution in [-0.4, -0.2) is 29.0 Å². The van der Waals surface area contributed by atoms with Crippen LogP contribution < -0.4 is 10.2 Å². The van der Waals surface area contributed by atoms with E-state index in [2.05, 4.69) is 27.1 Å². The number of benzene rings is 1. The number of amides is 1. The number of nitrogens with one attached hydrogen (secondary N) is 1. The Hall–Kier alpha value is -2.43. The molecule has 120 valence electrons. The third kappa shape index (κ3) is 3.67. The van der Waals surface area contributed by atoms with Gasteiger partial charge in [-0.2, -0.15) is 0 Å². The molecule has 0 saturated carbocycles. The molecule has 0 aliphatic carbocycles. The van der Waals surface area contributed by atoms with Crippen molar-refractivity contribution in [1.29, 1.82) is 0 Å². The Balaban J connectivity index is 1.70. The molecule has 2 aromatic rings. The smallest absolute Gasteiger partial charge is 0.258 e. The average Bonchev–Trinajstić information content (AvgIpc) is 2.63. The molecule has 0 atom stereocenters. The lowest BCUT2D eigenvalue weighted by atomic mass is 10.1. The number of anilines is 2. The lowest BCUT2D eigenvalue weighted by Crippen LogP contribution is -2.31. The van der Waals surface area contributed by atoms with E-state index < -0.39 is 0 Å². The summed E-state index contributed by atoms with van der Waals surface area (Å²) in [5.74, 6) is 0.548. The number of aryl methyl sites for hydroxylation is 1. The molecular formula is C18H22N4O. The number of hydrogen-bond donors (Lipinski definition) is 1. The Morgan fingerprint density at radius 2 is 1.83 bits per heavy atom. The number of carbonyl (C=O) groups excluding carboxylic acids is 1. The first-order valence-corrected chi connectivity index (χ1v) is 8.24. The van der Waals surface area contributed by atoms with Gasteiger partial charge in [0.15, 0.2) is 0 Å². The highest BCUT2D eigenvalue weighted by Crippen LogP contribution is 2.18. The van der Waals surface area contributed by atoms with Gasteiger partial charge in [0, 0.05) is 31.2 Å². The van der Waals surface area contributed by atoms with Gasteiger partial charge in [0.25, 0.3) is 5.91 Å². The predicted octanol–water partition coefficient (Wildman–Crippen LogP) is 3.28. The zero-order chi connectivity index (χ0) is 16.1. The van der Waals surface area contributed by atoms with Crippen LogP contribution in [0.3, 0.4) is 0 Å². The SMILES string of the molecule is CCc1ccccc1NC(=O)c1cnc(N2CCCCC2)nc1. The van der Waals surface area contributed by atoms with Gasteiger partial charge in [0.05, 0.1) is 5.56 Å². The van der Waals surface area contributed by atoms with E-state index in [-0.39, 0.29) is 5.91 Å². The summed E-state index contributed by atoms with van der Waals surface area (Å²) in [7, 11) is 0. The van der Waals surface area contributed by atoms with Gasteiger partial charge >= 0.3 is 0 Å². The van der Waals surface area contributed by atoms with Crippen molar-refractivity contribution in [3.05, 3.63) is 47.8 Å². The minimum Gasteiger partial charge on any atom is -0.341 e. The topological polar surface area (TPSA) is 58.1 Å². The van der Waals surface area contributed by atoms with Crippen molar-refractivity contribution in [3.8, 4) is 0 Å². The van der Waals surface area contributed by atoms with E-state index in [1.54, 1.807) is 12.4 Å². The molecule has 5 heteroatoms. The predicted molar refractivity (Wildman–Crippen MR) is 91.9 cm³/mol. The Labute approximate surface area is 136 Å². The van der Waals surface area contributed by atoms with E-state index in [0.29, 0.717) is 5.56 Å². The molecule has 1 saturated heterocycles. The molecule has 0 unspecified atom stereocenters. The molecule has 5 nitrogen and oxygen atoms in total.